The number of likely N-dealkylation sites (tertiary alicyclic amines) is 1. The summed E-state index contributed by atoms with van der Waals surface area (Å²) in [6, 6.07) is 3.74. The molecule has 2 rings (SSSR count). The van der Waals surface area contributed by atoms with Crippen LogP contribution >= 0.6 is 0 Å². The molecule has 2 heterocycles. The SMILES string of the molecule is CCNc1ccc(C(=O)N2CCC(C(C)(C)C)CC2)nc1. The fourth-order valence-corrected chi connectivity index (χ4v) is 2.94. The third-order valence-corrected chi connectivity index (χ3v) is 4.37. The van der Waals surface area contributed by atoms with Crippen LogP contribution in [0, 0.1) is 11.3 Å². The first-order valence-electron chi connectivity index (χ1n) is 7.91. The van der Waals surface area contributed by atoms with Crippen molar-refractivity contribution in [2.75, 3.05) is 25.0 Å². The Kier molecular flexibility index (Phi) is 4.86. The Bertz CT molecular complexity index is 468. The molecule has 0 unspecified atom stereocenters. The summed E-state index contributed by atoms with van der Waals surface area (Å²) in [7, 11) is 0. The van der Waals surface area contributed by atoms with Crippen LogP contribution in [0.25, 0.3) is 0 Å². The first-order valence-corrected chi connectivity index (χ1v) is 7.91. The van der Waals surface area contributed by atoms with Crippen LogP contribution in [-0.2, 0) is 0 Å². The minimum absolute atomic E-state index is 0.0606. The van der Waals surface area contributed by atoms with Gasteiger partial charge in [-0.15, -0.1) is 0 Å². The Hall–Kier alpha value is -1.58. The molecule has 1 aromatic rings. The lowest BCUT2D eigenvalue weighted by Gasteiger charge is -2.38. The van der Waals surface area contributed by atoms with Crippen molar-refractivity contribution >= 4 is 11.6 Å². The third kappa shape index (κ3) is 3.96. The van der Waals surface area contributed by atoms with Gasteiger partial charge < -0.3 is 10.2 Å². The normalized spacial score (nSPS) is 16.9. The highest BCUT2D eigenvalue weighted by molar-refractivity contribution is 5.92. The molecule has 0 atom stereocenters. The molecule has 1 aromatic heterocycles. The molecular weight excluding hydrogens is 262 g/mol. The number of nitrogens with zero attached hydrogens (tertiary/aromatic N) is 2. The second-order valence-corrected chi connectivity index (χ2v) is 6.89. The summed E-state index contributed by atoms with van der Waals surface area (Å²) >= 11 is 0. The minimum Gasteiger partial charge on any atom is -0.384 e. The molecule has 0 aliphatic carbocycles. The van der Waals surface area contributed by atoms with E-state index >= 15 is 0 Å². The van der Waals surface area contributed by atoms with Crippen LogP contribution in [-0.4, -0.2) is 35.4 Å². The zero-order valence-electron chi connectivity index (χ0n) is 13.6. The standard InChI is InChI=1S/C17H27N3O/c1-5-18-14-6-7-15(19-12-14)16(21)20-10-8-13(9-11-20)17(2,3)4/h6-7,12-13,18H,5,8-11H2,1-4H3. The quantitative estimate of drug-likeness (QED) is 0.927. The lowest BCUT2D eigenvalue weighted by Crippen LogP contribution is -2.41. The van der Waals surface area contributed by atoms with Gasteiger partial charge in [-0.2, -0.15) is 0 Å². The van der Waals surface area contributed by atoms with Crippen LogP contribution in [0.3, 0.4) is 0 Å². The second-order valence-electron chi connectivity index (χ2n) is 6.89. The number of anilines is 1. The van der Waals surface area contributed by atoms with E-state index in [9.17, 15) is 4.79 Å². The predicted molar refractivity (Wildman–Crippen MR) is 86.5 cm³/mol. The molecular formula is C17H27N3O. The summed E-state index contributed by atoms with van der Waals surface area (Å²) in [6.45, 7) is 11.4. The van der Waals surface area contributed by atoms with Crippen molar-refractivity contribution in [1.82, 2.24) is 9.88 Å². The maximum Gasteiger partial charge on any atom is 0.272 e. The van der Waals surface area contributed by atoms with E-state index in [1.54, 1.807) is 6.20 Å². The molecule has 4 nitrogen and oxygen atoms in total. The van der Waals surface area contributed by atoms with E-state index in [-0.39, 0.29) is 5.91 Å². The minimum atomic E-state index is 0.0606. The number of carbonyl (C=O) groups is 1. The van der Waals surface area contributed by atoms with Crippen LogP contribution in [0.5, 0.6) is 0 Å². The van der Waals surface area contributed by atoms with E-state index < -0.39 is 0 Å². The average Bonchev–Trinajstić information content (AvgIpc) is 2.47. The van der Waals surface area contributed by atoms with E-state index in [2.05, 4.69) is 31.1 Å². The van der Waals surface area contributed by atoms with Gasteiger partial charge in [0.2, 0.25) is 0 Å². The van der Waals surface area contributed by atoms with Gasteiger partial charge >= 0.3 is 0 Å². The predicted octanol–water partition coefficient (Wildman–Crippen LogP) is 3.41. The Morgan fingerprint density at radius 3 is 2.48 bits per heavy atom. The van der Waals surface area contributed by atoms with Crippen molar-refractivity contribution in [3.05, 3.63) is 24.0 Å². The molecule has 4 heteroatoms. The van der Waals surface area contributed by atoms with Gasteiger partial charge in [0.25, 0.3) is 5.91 Å². The maximum atomic E-state index is 12.5. The van der Waals surface area contributed by atoms with Gasteiger partial charge in [-0.25, -0.2) is 4.98 Å². The zero-order valence-corrected chi connectivity index (χ0v) is 13.6. The topological polar surface area (TPSA) is 45.2 Å². The number of aromatic nitrogens is 1. The van der Waals surface area contributed by atoms with Crippen LogP contribution in [0.4, 0.5) is 5.69 Å². The lowest BCUT2D eigenvalue weighted by molar-refractivity contribution is 0.0603. The largest absolute Gasteiger partial charge is 0.384 e. The molecule has 0 radical (unpaired) electrons. The monoisotopic (exact) mass is 289 g/mol. The van der Waals surface area contributed by atoms with Gasteiger partial charge in [0.05, 0.1) is 11.9 Å². The van der Waals surface area contributed by atoms with Crippen LogP contribution in [0.15, 0.2) is 18.3 Å². The fraction of sp³-hybridized carbons (Fsp3) is 0.647. The molecule has 0 aromatic carbocycles. The number of carbonyl (C=O) groups excluding carboxylic acids is 1. The highest BCUT2D eigenvalue weighted by Gasteiger charge is 2.30. The van der Waals surface area contributed by atoms with Crippen LogP contribution in [0.1, 0.15) is 51.0 Å². The van der Waals surface area contributed by atoms with Gasteiger partial charge in [0.15, 0.2) is 0 Å². The van der Waals surface area contributed by atoms with Gasteiger partial charge in [-0.1, -0.05) is 20.8 Å². The highest BCUT2D eigenvalue weighted by Crippen LogP contribution is 2.34. The van der Waals surface area contributed by atoms with Crippen LogP contribution in [0.2, 0.25) is 0 Å². The van der Waals surface area contributed by atoms with Gasteiger partial charge in [0.1, 0.15) is 5.69 Å². The van der Waals surface area contributed by atoms with E-state index in [0.29, 0.717) is 17.0 Å². The number of pyridine rings is 1. The molecule has 0 saturated carbocycles. The van der Waals surface area contributed by atoms with Gasteiger partial charge in [-0.05, 0) is 43.2 Å². The average molecular weight is 289 g/mol. The van der Waals surface area contributed by atoms with Crippen molar-refractivity contribution in [1.29, 1.82) is 0 Å². The summed E-state index contributed by atoms with van der Waals surface area (Å²) in [5, 5.41) is 3.19. The molecule has 0 spiro atoms. The van der Waals surface area contributed by atoms with Gasteiger partial charge in [-0.3, -0.25) is 4.79 Å². The van der Waals surface area contributed by atoms with Crippen molar-refractivity contribution in [2.24, 2.45) is 11.3 Å². The summed E-state index contributed by atoms with van der Waals surface area (Å²) < 4.78 is 0. The molecule has 116 valence electrons. The smallest absolute Gasteiger partial charge is 0.272 e. The molecule has 1 amide bonds. The number of piperidine rings is 1. The molecule has 1 N–H and O–H groups in total. The molecule has 0 bridgehead atoms. The summed E-state index contributed by atoms with van der Waals surface area (Å²) in [5.74, 6) is 0.760. The number of hydrogen-bond acceptors (Lipinski definition) is 3. The van der Waals surface area contributed by atoms with E-state index in [4.69, 9.17) is 0 Å². The Morgan fingerprint density at radius 2 is 2.00 bits per heavy atom. The first-order chi connectivity index (χ1) is 9.91. The zero-order chi connectivity index (χ0) is 15.5. The summed E-state index contributed by atoms with van der Waals surface area (Å²) in [6.07, 6.45) is 3.91. The molecule has 1 aliphatic heterocycles. The number of nitrogens with one attached hydrogen (secondary N) is 1. The fourth-order valence-electron chi connectivity index (χ4n) is 2.94. The van der Waals surface area contributed by atoms with E-state index in [1.807, 2.05) is 24.0 Å². The Labute approximate surface area is 127 Å². The lowest BCUT2D eigenvalue weighted by atomic mass is 9.75. The van der Waals surface area contributed by atoms with E-state index in [1.165, 1.54) is 0 Å². The molecule has 21 heavy (non-hydrogen) atoms. The summed E-state index contributed by atoms with van der Waals surface area (Å²) in [5.41, 5.74) is 1.84. The third-order valence-electron chi connectivity index (χ3n) is 4.37. The molecule has 1 fully saturated rings. The molecule has 1 aliphatic rings. The van der Waals surface area contributed by atoms with E-state index in [0.717, 1.165) is 38.2 Å². The van der Waals surface area contributed by atoms with Gasteiger partial charge in [0, 0.05) is 19.6 Å². The number of rotatable bonds is 3. The van der Waals surface area contributed by atoms with Crippen molar-refractivity contribution < 1.29 is 4.79 Å². The Morgan fingerprint density at radius 1 is 1.33 bits per heavy atom. The maximum absolute atomic E-state index is 12.5. The van der Waals surface area contributed by atoms with Crippen molar-refractivity contribution in [2.45, 2.75) is 40.5 Å². The Balaban J connectivity index is 1.95. The molecule has 1 saturated heterocycles. The second kappa shape index (κ2) is 6.46. The van der Waals surface area contributed by atoms with Crippen LogP contribution < -0.4 is 5.32 Å². The first kappa shape index (κ1) is 15.8. The highest BCUT2D eigenvalue weighted by atomic mass is 16.2. The number of amides is 1. The van der Waals surface area contributed by atoms with Crippen molar-refractivity contribution in [3.63, 3.8) is 0 Å². The van der Waals surface area contributed by atoms with Crippen molar-refractivity contribution in [3.8, 4) is 0 Å². The summed E-state index contributed by atoms with van der Waals surface area (Å²) in [4.78, 5) is 18.7. The number of hydrogen-bond donors (Lipinski definition) is 1.